The first-order valence-electron chi connectivity index (χ1n) is 13.4. The summed E-state index contributed by atoms with van der Waals surface area (Å²) in [6.07, 6.45) is 0. The van der Waals surface area contributed by atoms with Crippen molar-refractivity contribution in [3.63, 3.8) is 0 Å². The predicted octanol–water partition coefficient (Wildman–Crippen LogP) is 8.52. The van der Waals surface area contributed by atoms with Gasteiger partial charge in [0, 0.05) is 16.8 Å². The van der Waals surface area contributed by atoms with E-state index < -0.39 is 5.25 Å². The minimum absolute atomic E-state index is 0.200. The summed E-state index contributed by atoms with van der Waals surface area (Å²) < 4.78 is 11.2. The molecule has 5 rings (SSSR count). The highest BCUT2D eigenvalue weighted by molar-refractivity contribution is 8.00. The van der Waals surface area contributed by atoms with E-state index in [-0.39, 0.29) is 5.91 Å². The Kier molecular flexibility index (Phi) is 8.86. The Labute approximate surface area is 250 Å². The molecule has 0 aliphatic rings. The van der Waals surface area contributed by atoms with Crippen molar-refractivity contribution in [2.45, 2.75) is 24.1 Å². The standard InChI is InChI=1S/C35H29N3O3S/c1-23-9-11-25(12-10-23)31-21-33(26-13-17-28(40-3)18-14-26)38-35(32(31)22-36)42-24(2)34(39)37-27-15-19-30(20-16-27)41-29-7-5-4-6-8-29/h4-21,24H,1-3H3,(H,37,39). The molecular weight excluding hydrogens is 542 g/mol. The Morgan fingerprint density at radius 2 is 1.48 bits per heavy atom. The molecule has 5 aromatic rings. The van der Waals surface area contributed by atoms with Gasteiger partial charge in [0.2, 0.25) is 5.91 Å². The van der Waals surface area contributed by atoms with Crippen LogP contribution in [0.1, 0.15) is 18.1 Å². The van der Waals surface area contributed by atoms with E-state index in [1.165, 1.54) is 11.8 Å². The number of amides is 1. The zero-order valence-electron chi connectivity index (χ0n) is 23.5. The summed E-state index contributed by atoms with van der Waals surface area (Å²) in [5, 5.41) is 13.2. The largest absolute Gasteiger partial charge is 0.497 e. The quantitative estimate of drug-likeness (QED) is 0.179. The lowest BCUT2D eigenvalue weighted by molar-refractivity contribution is -0.115. The van der Waals surface area contributed by atoms with E-state index in [9.17, 15) is 10.1 Å². The third-order valence-electron chi connectivity index (χ3n) is 6.60. The molecule has 1 amide bonds. The Bertz CT molecular complexity index is 1710. The summed E-state index contributed by atoms with van der Waals surface area (Å²) in [7, 11) is 1.62. The molecule has 7 heteroatoms. The fraction of sp³-hybridized carbons (Fsp3) is 0.114. The number of aryl methyl sites for hydroxylation is 1. The van der Waals surface area contributed by atoms with Crippen LogP contribution in [0.15, 0.2) is 114 Å². The van der Waals surface area contributed by atoms with Crippen LogP contribution in [0.2, 0.25) is 0 Å². The molecule has 208 valence electrons. The Morgan fingerprint density at radius 3 is 2.12 bits per heavy atom. The first-order valence-corrected chi connectivity index (χ1v) is 14.3. The van der Waals surface area contributed by atoms with Gasteiger partial charge in [0.15, 0.2) is 0 Å². The number of hydrogen-bond donors (Lipinski definition) is 1. The van der Waals surface area contributed by atoms with Crippen LogP contribution in [0.3, 0.4) is 0 Å². The third kappa shape index (κ3) is 6.80. The summed E-state index contributed by atoms with van der Waals surface area (Å²) in [5.41, 5.74) is 5.47. The van der Waals surface area contributed by atoms with Crippen molar-refractivity contribution in [1.82, 2.24) is 4.98 Å². The molecule has 0 saturated heterocycles. The van der Waals surface area contributed by atoms with Gasteiger partial charge >= 0.3 is 0 Å². The second-order valence-corrected chi connectivity index (χ2v) is 11.0. The maximum atomic E-state index is 13.2. The maximum absolute atomic E-state index is 13.2. The van der Waals surface area contributed by atoms with Crippen LogP contribution in [-0.2, 0) is 4.79 Å². The molecule has 1 aromatic heterocycles. The van der Waals surface area contributed by atoms with Crippen LogP contribution in [0.4, 0.5) is 5.69 Å². The second-order valence-electron chi connectivity index (χ2n) is 9.63. The van der Waals surface area contributed by atoms with Gasteiger partial charge in [-0.05, 0) is 86.1 Å². The topological polar surface area (TPSA) is 84.2 Å². The molecule has 6 nitrogen and oxygen atoms in total. The molecule has 0 fully saturated rings. The van der Waals surface area contributed by atoms with E-state index in [4.69, 9.17) is 14.5 Å². The Morgan fingerprint density at radius 1 is 0.857 bits per heavy atom. The van der Waals surface area contributed by atoms with Gasteiger partial charge < -0.3 is 14.8 Å². The summed E-state index contributed by atoms with van der Waals surface area (Å²) in [4.78, 5) is 18.1. The van der Waals surface area contributed by atoms with Gasteiger partial charge in [-0.25, -0.2) is 4.98 Å². The van der Waals surface area contributed by atoms with Crippen molar-refractivity contribution in [3.8, 4) is 45.7 Å². The van der Waals surface area contributed by atoms with E-state index in [0.29, 0.717) is 27.7 Å². The van der Waals surface area contributed by atoms with Crippen LogP contribution < -0.4 is 14.8 Å². The number of aromatic nitrogens is 1. The van der Waals surface area contributed by atoms with Gasteiger partial charge in [-0.3, -0.25) is 4.79 Å². The Hall–Kier alpha value is -5.06. The molecule has 4 aromatic carbocycles. The van der Waals surface area contributed by atoms with Gasteiger partial charge in [0.1, 0.15) is 28.3 Å². The summed E-state index contributed by atoms with van der Waals surface area (Å²) in [5.74, 6) is 1.95. The maximum Gasteiger partial charge on any atom is 0.237 e. The third-order valence-corrected chi connectivity index (χ3v) is 7.69. The summed E-state index contributed by atoms with van der Waals surface area (Å²) in [6.45, 7) is 3.83. The van der Waals surface area contributed by atoms with Crippen molar-refractivity contribution in [1.29, 1.82) is 5.26 Å². The number of nitrogens with zero attached hydrogens (tertiary/aromatic N) is 2. The average molecular weight is 572 g/mol. The normalized spacial score (nSPS) is 11.3. The SMILES string of the molecule is COc1ccc(-c2cc(-c3ccc(C)cc3)c(C#N)c(SC(C)C(=O)Nc3ccc(Oc4ccccc4)cc3)n2)cc1. The molecule has 1 heterocycles. The number of pyridine rings is 1. The molecule has 1 N–H and O–H groups in total. The van der Waals surface area contributed by atoms with E-state index in [2.05, 4.69) is 11.4 Å². The van der Waals surface area contributed by atoms with E-state index in [0.717, 1.165) is 33.8 Å². The second kappa shape index (κ2) is 13.1. The number of thioether (sulfide) groups is 1. The first-order chi connectivity index (χ1) is 20.4. The highest BCUT2D eigenvalue weighted by Gasteiger charge is 2.22. The highest BCUT2D eigenvalue weighted by atomic mass is 32.2. The number of methoxy groups -OCH3 is 1. The highest BCUT2D eigenvalue weighted by Crippen LogP contribution is 2.36. The molecule has 0 bridgehead atoms. The number of rotatable bonds is 9. The first kappa shape index (κ1) is 28.5. The number of hydrogen-bond acceptors (Lipinski definition) is 6. The minimum atomic E-state index is -0.526. The minimum Gasteiger partial charge on any atom is -0.497 e. The van der Waals surface area contributed by atoms with Gasteiger partial charge in [-0.1, -0.05) is 59.8 Å². The number of benzene rings is 4. The van der Waals surface area contributed by atoms with Crippen LogP contribution in [0, 0.1) is 18.3 Å². The molecule has 1 atom stereocenters. The number of anilines is 1. The van der Waals surface area contributed by atoms with Gasteiger partial charge in [0.05, 0.1) is 23.6 Å². The van der Waals surface area contributed by atoms with Crippen LogP contribution >= 0.6 is 11.8 Å². The summed E-state index contributed by atoms with van der Waals surface area (Å²) >= 11 is 1.26. The van der Waals surface area contributed by atoms with E-state index in [1.807, 2.05) is 104 Å². The number of nitriles is 1. The van der Waals surface area contributed by atoms with Crippen molar-refractivity contribution < 1.29 is 14.3 Å². The van der Waals surface area contributed by atoms with Crippen LogP contribution in [0.5, 0.6) is 17.2 Å². The smallest absolute Gasteiger partial charge is 0.237 e. The molecular formula is C35H29N3O3S. The number of carbonyl (C=O) groups excluding carboxylic acids is 1. The number of ether oxygens (including phenoxy) is 2. The van der Waals surface area contributed by atoms with Crippen molar-refractivity contribution in [3.05, 3.63) is 120 Å². The van der Waals surface area contributed by atoms with E-state index >= 15 is 0 Å². The molecule has 1 unspecified atom stereocenters. The average Bonchev–Trinajstić information content (AvgIpc) is 3.02. The summed E-state index contributed by atoms with van der Waals surface area (Å²) in [6, 6.07) is 36.6. The molecule has 0 aliphatic carbocycles. The molecule has 42 heavy (non-hydrogen) atoms. The van der Waals surface area contributed by atoms with Crippen LogP contribution in [-0.4, -0.2) is 23.3 Å². The lowest BCUT2D eigenvalue weighted by Crippen LogP contribution is -2.22. The zero-order valence-corrected chi connectivity index (χ0v) is 24.3. The van der Waals surface area contributed by atoms with Crippen LogP contribution in [0.25, 0.3) is 22.4 Å². The van der Waals surface area contributed by atoms with Gasteiger partial charge in [-0.2, -0.15) is 5.26 Å². The van der Waals surface area contributed by atoms with Crippen molar-refractivity contribution in [2.75, 3.05) is 12.4 Å². The molecule has 0 saturated carbocycles. The number of nitrogens with one attached hydrogen (secondary N) is 1. The zero-order chi connectivity index (χ0) is 29.5. The fourth-order valence-corrected chi connectivity index (χ4v) is 5.21. The molecule has 0 aliphatic heterocycles. The lowest BCUT2D eigenvalue weighted by Gasteiger charge is -2.16. The van der Waals surface area contributed by atoms with Gasteiger partial charge in [0.25, 0.3) is 0 Å². The molecule has 0 spiro atoms. The molecule has 0 radical (unpaired) electrons. The van der Waals surface area contributed by atoms with Crippen molar-refractivity contribution in [2.24, 2.45) is 0 Å². The number of para-hydroxylation sites is 1. The fourth-order valence-electron chi connectivity index (χ4n) is 4.28. The van der Waals surface area contributed by atoms with Gasteiger partial charge in [-0.15, -0.1) is 0 Å². The number of carbonyl (C=O) groups is 1. The van der Waals surface area contributed by atoms with Crippen molar-refractivity contribution >= 4 is 23.4 Å². The Balaban J connectivity index is 1.40. The van der Waals surface area contributed by atoms with E-state index in [1.54, 1.807) is 26.2 Å². The lowest BCUT2D eigenvalue weighted by atomic mass is 9.98. The monoisotopic (exact) mass is 571 g/mol. The predicted molar refractivity (Wildman–Crippen MR) is 168 cm³/mol.